The van der Waals surface area contributed by atoms with Gasteiger partial charge in [-0.05, 0) is 49.4 Å². The molecule has 4 aromatic rings. The molecule has 8 heteroatoms. The predicted octanol–water partition coefficient (Wildman–Crippen LogP) is 3.70. The maximum absolute atomic E-state index is 11.9. The number of H-pyrrole nitrogens is 1. The smallest absolute Gasteiger partial charge is 0.258 e. The molecule has 2 aromatic heterocycles. The van der Waals surface area contributed by atoms with E-state index < -0.39 is 0 Å². The zero-order valence-electron chi connectivity index (χ0n) is 14.2. The highest BCUT2D eigenvalue weighted by Gasteiger charge is 2.17. The number of fused-ring (bicyclic) bond motifs is 1. The van der Waals surface area contributed by atoms with Gasteiger partial charge in [-0.3, -0.25) is 4.79 Å². The summed E-state index contributed by atoms with van der Waals surface area (Å²) in [5.74, 6) is 0.905. The molecule has 2 heterocycles. The number of hydrogen-bond donors (Lipinski definition) is 1. The van der Waals surface area contributed by atoms with Gasteiger partial charge < -0.3 is 9.51 Å². The van der Waals surface area contributed by atoms with Crippen LogP contribution in [-0.2, 0) is 0 Å². The molecule has 27 heavy (non-hydrogen) atoms. The molecule has 1 atom stereocenters. The summed E-state index contributed by atoms with van der Waals surface area (Å²) in [6.07, 6.45) is 1.37. The lowest BCUT2D eigenvalue weighted by molar-refractivity contribution is 0.381. The van der Waals surface area contributed by atoms with Crippen LogP contribution in [0.5, 0.6) is 0 Å². The van der Waals surface area contributed by atoms with E-state index in [1.54, 1.807) is 36.0 Å². The first-order valence-electron chi connectivity index (χ1n) is 8.12. The monoisotopic (exact) mass is 375 g/mol. The number of thioether (sulfide) groups is 1. The maximum Gasteiger partial charge on any atom is 0.258 e. The second-order valence-corrected chi connectivity index (χ2v) is 7.23. The lowest BCUT2D eigenvalue weighted by Gasteiger charge is -2.06. The molecule has 2 aromatic carbocycles. The van der Waals surface area contributed by atoms with Gasteiger partial charge in [0.15, 0.2) is 0 Å². The number of nitriles is 1. The van der Waals surface area contributed by atoms with Gasteiger partial charge in [-0.1, -0.05) is 5.16 Å². The van der Waals surface area contributed by atoms with E-state index in [-0.39, 0.29) is 10.8 Å². The standard InChI is InChI=1S/C19H13N5O2S/c1-11(27-14-5-2-12(9-20)3-6-14)19-23-17(24-26-19)13-4-7-16-15(8-13)18(25)22-10-21-16/h2-8,10-11H,1H3,(H,21,22,25). The van der Waals surface area contributed by atoms with E-state index in [1.165, 1.54) is 6.33 Å². The van der Waals surface area contributed by atoms with E-state index in [9.17, 15) is 4.79 Å². The summed E-state index contributed by atoms with van der Waals surface area (Å²) in [4.78, 5) is 24.1. The van der Waals surface area contributed by atoms with Crippen LogP contribution in [0, 0.1) is 11.3 Å². The van der Waals surface area contributed by atoms with Gasteiger partial charge >= 0.3 is 0 Å². The number of aromatic nitrogens is 4. The number of rotatable bonds is 4. The molecule has 0 aliphatic rings. The Morgan fingerprint density at radius 3 is 2.81 bits per heavy atom. The average molecular weight is 375 g/mol. The average Bonchev–Trinajstić information content (AvgIpc) is 3.19. The van der Waals surface area contributed by atoms with Crippen molar-refractivity contribution in [2.75, 3.05) is 0 Å². The molecule has 0 radical (unpaired) electrons. The molecule has 7 nitrogen and oxygen atoms in total. The van der Waals surface area contributed by atoms with E-state index in [2.05, 4.69) is 26.2 Å². The summed E-state index contributed by atoms with van der Waals surface area (Å²) in [5.41, 5.74) is 1.70. The molecule has 4 rings (SSSR count). The third-order valence-corrected chi connectivity index (χ3v) is 5.08. The van der Waals surface area contributed by atoms with Gasteiger partial charge in [-0.15, -0.1) is 11.8 Å². The fourth-order valence-corrected chi connectivity index (χ4v) is 3.49. The zero-order chi connectivity index (χ0) is 18.8. The van der Waals surface area contributed by atoms with Gasteiger partial charge in [-0.2, -0.15) is 10.2 Å². The van der Waals surface area contributed by atoms with Crippen molar-refractivity contribution in [1.29, 1.82) is 5.26 Å². The van der Waals surface area contributed by atoms with Crippen molar-refractivity contribution in [3.05, 3.63) is 70.6 Å². The number of benzene rings is 2. The highest BCUT2D eigenvalue weighted by atomic mass is 32.2. The minimum absolute atomic E-state index is 0.0651. The Bertz CT molecular complexity index is 1210. The van der Waals surface area contributed by atoms with E-state index in [4.69, 9.17) is 9.78 Å². The summed E-state index contributed by atoms with van der Waals surface area (Å²) in [6, 6.07) is 14.7. The van der Waals surface area contributed by atoms with Crippen molar-refractivity contribution in [3.8, 4) is 17.5 Å². The molecule has 0 bridgehead atoms. The van der Waals surface area contributed by atoms with Gasteiger partial charge in [0.05, 0.1) is 34.1 Å². The van der Waals surface area contributed by atoms with Gasteiger partial charge in [-0.25, -0.2) is 4.98 Å². The van der Waals surface area contributed by atoms with Gasteiger partial charge in [0.25, 0.3) is 5.56 Å². The van der Waals surface area contributed by atoms with Crippen LogP contribution in [0.25, 0.3) is 22.3 Å². The molecule has 1 N–H and O–H groups in total. The number of nitrogens with one attached hydrogen (secondary N) is 1. The fraction of sp³-hybridized carbons (Fsp3) is 0.105. The maximum atomic E-state index is 11.9. The Morgan fingerprint density at radius 1 is 1.22 bits per heavy atom. The number of aromatic amines is 1. The summed E-state index contributed by atoms with van der Waals surface area (Å²) < 4.78 is 5.40. The summed E-state index contributed by atoms with van der Waals surface area (Å²) in [6.45, 7) is 1.97. The van der Waals surface area contributed by atoms with Crippen LogP contribution in [-0.4, -0.2) is 20.1 Å². The van der Waals surface area contributed by atoms with Crippen LogP contribution in [0.4, 0.5) is 0 Å². The minimum atomic E-state index is -0.213. The van der Waals surface area contributed by atoms with Crippen molar-refractivity contribution in [2.24, 2.45) is 0 Å². The highest BCUT2D eigenvalue weighted by molar-refractivity contribution is 7.99. The Morgan fingerprint density at radius 2 is 2.04 bits per heavy atom. The zero-order valence-corrected chi connectivity index (χ0v) is 15.0. The fourth-order valence-electron chi connectivity index (χ4n) is 2.59. The van der Waals surface area contributed by atoms with Crippen LogP contribution < -0.4 is 5.56 Å². The molecule has 1 unspecified atom stereocenters. The van der Waals surface area contributed by atoms with E-state index in [1.807, 2.05) is 25.1 Å². The lowest BCUT2D eigenvalue weighted by Crippen LogP contribution is -2.06. The number of nitrogens with zero attached hydrogens (tertiary/aromatic N) is 4. The Balaban J connectivity index is 1.58. The minimum Gasteiger partial charge on any atom is -0.338 e. The van der Waals surface area contributed by atoms with Gasteiger partial charge in [0, 0.05) is 10.5 Å². The predicted molar refractivity (Wildman–Crippen MR) is 101 cm³/mol. The molecular formula is C19H13N5O2S. The van der Waals surface area contributed by atoms with Crippen LogP contribution in [0.15, 0.2) is 63.0 Å². The van der Waals surface area contributed by atoms with E-state index in [0.717, 1.165) is 4.90 Å². The Labute approximate surface area is 158 Å². The molecular weight excluding hydrogens is 362 g/mol. The normalized spacial score (nSPS) is 12.0. The molecule has 0 spiro atoms. The first kappa shape index (κ1) is 17.0. The second-order valence-electron chi connectivity index (χ2n) is 5.82. The van der Waals surface area contributed by atoms with Crippen LogP contribution in [0.3, 0.4) is 0 Å². The Hall–Kier alpha value is -3.44. The van der Waals surface area contributed by atoms with Crippen molar-refractivity contribution in [3.63, 3.8) is 0 Å². The summed E-state index contributed by atoms with van der Waals surface area (Å²) in [5, 5.41) is 13.3. The first-order valence-corrected chi connectivity index (χ1v) is 9.00. The Kier molecular flexibility index (Phi) is 4.44. The molecule has 0 aliphatic carbocycles. The highest BCUT2D eigenvalue weighted by Crippen LogP contribution is 2.34. The molecule has 0 aliphatic heterocycles. The quantitative estimate of drug-likeness (QED) is 0.542. The molecule has 132 valence electrons. The molecule has 0 fully saturated rings. The van der Waals surface area contributed by atoms with Gasteiger partial charge in [0.1, 0.15) is 0 Å². The van der Waals surface area contributed by atoms with E-state index in [0.29, 0.717) is 33.7 Å². The van der Waals surface area contributed by atoms with Crippen molar-refractivity contribution in [1.82, 2.24) is 20.1 Å². The first-order chi connectivity index (χ1) is 13.1. The third kappa shape index (κ3) is 3.45. The molecule has 0 saturated heterocycles. The van der Waals surface area contributed by atoms with Crippen molar-refractivity contribution < 1.29 is 4.52 Å². The van der Waals surface area contributed by atoms with Crippen LogP contribution in [0.2, 0.25) is 0 Å². The molecule has 0 amide bonds. The topological polar surface area (TPSA) is 108 Å². The number of hydrogen-bond acceptors (Lipinski definition) is 7. The van der Waals surface area contributed by atoms with Crippen molar-refractivity contribution >= 4 is 22.7 Å². The summed E-state index contributed by atoms with van der Waals surface area (Å²) >= 11 is 1.56. The lowest BCUT2D eigenvalue weighted by atomic mass is 10.1. The van der Waals surface area contributed by atoms with Gasteiger partial charge in [0.2, 0.25) is 11.7 Å². The van der Waals surface area contributed by atoms with E-state index >= 15 is 0 Å². The third-order valence-electron chi connectivity index (χ3n) is 3.98. The molecule has 0 saturated carbocycles. The summed E-state index contributed by atoms with van der Waals surface area (Å²) in [7, 11) is 0. The van der Waals surface area contributed by atoms with Crippen LogP contribution >= 0.6 is 11.8 Å². The van der Waals surface area contributed by atoms with Crippen molar-refractivity contribution in [2.45, 2.75) is 17.1 Å². The largest absolute Gasteiger partial charge is 0.338 e. The van der Waals surface area contributed by atoms with Crippen LogP contribution in [0.1, 0.15) is 23.6 Å². The second kappa shape index (κ2) is 7.05. The SMILES string of the molecule is CC(Sc1ccc(C#N)cc1)c1nc(-c2ccc3nc[nH]c(=O)c3c2)no1.